The fourth-order valence-corrected chi connectivity index (χ4v) is 2.50. The van der Waals surface area contributed by atoms with Gasteiger partial charge in [0.15, 0.2) is 0 Å². The second-order valence-corrected chi connectivity index (χ2v) is 5.44. The molecule has 0 saturated carbocycles. The number of nitrogens with one attached hydrogen (secondary N) is 1. The maximum atomic E-state index is 14.1. The summed E-state index contributed by atoms with van der Waals surface area (Å²) in [5.74, 6) is 0.265. The van der Waals surface area contributed by atoms with Gasteiger partial charge in [0, 0.05) is 22.3 Å². The van der Waals surface area contributed by atoms with Gasteiger partial charge in [0.1, 0.15) is 11.6 Å². The molecule has 0 aliphatic rings. The van der Waals surface area contributed by atoms with Crippen LogP contribution in [-0.4, -0.2) is 11.5 Å². The maximum Gasteiger partial charge on any atom is 0.129 e. The third-order valence-corrected chi connectivity index (χ3v) is 3.63. The van der Waals surface area contributed by atoms with E-state index in [1.165, 1.54) is 6.07 Å². The normalized spacial score (nSPS) is 12.3. The van der Waals surface area contributed by atoms with E-state index >= 15 is 0 Å². The van der Waals surface area contributed by atoms with E-state index in [-0.39, 0.29) is 11.9 Å². The van der Waals surface area contributed by atoms with Crippen LogP contribution in [0.15, 0.2) is 41.0 Å². The third-order valence-electron chi connectivity index (χ3n) is 3.14. The van der Waals surface area contributed by atoms with Crippen LogP contribution >= 0.6 is 15.9 Å². The van der Waals surface area contributed by atoms with Crippen molar-refractivity contribution in [3.05, 3.63) is 57.9 Å². The highest BCUT2D eigenvalue weighted by atomic mass is 79.9. The zero-order chi connectivity index (χ0) is 14.5. The molecule has 106 valence electrons. The Balaban J connectivity index is 2.29. The summed E-state index contributed by atoms with van der Waals surface area (Å²) in [5.41, 5.74) is 7.42. The maximum absolute atomic E-state index is 14.1. The number of nitrogens with zero attached hydrogens (tertiary/aromatic N) is 1. The molecule has 5 heteroatoms. The van der Waals surface area contributed by atoms with E-state index in [1.54, 1.807) is 12.3 Å². The lowest BCUT2D eigenvalue weighted by Crippen LogP contribution is -2.24. The molecule has 1 atom stereocenters. The lowest BCUT2D eigenvalue weighted by atomic mass is 9.98. The van der Waals surface area contributed by atoms with Crippen molar-refractivity contribution in [2.24, 2.45) is 0 Å². The Morgan fingerprint density at radius 1 is 1.40 bits per heavy atom. The van der Waals surface area contributed by atoms with Gasteiger partial charge in [-0.1, -0.05) is 35.0 Å². The molecule has 0 aliphatic heterocycles. The first-order chi connectivity index (χ1) is 9.61. The standard InChI is InChI=1S/C15H17BrFN3/c1-2-19-14(8-10-4-3-7-20-15(10)18)12-6-5-11(16)9-13(12)17/h3-7,9,14,19H,2,8H2,1H3,(H2,18,20). The second kappa shape index (κ2) is 6.81. The van der Waals surface area contributed by atoms with E-state index in [0.717, 1.165) is 16.6 Å². The fourth-order valence-electron chi connectivity index (χ4n) is 2.17. The van der Waals surface area contributed by atoms with Gasteiger partial charge in [0.2, 0.25) is 0 Å². The molecule has 0 radical (unpaired) electrons. The van der Waals surface area contributed by atoms with Gasteiger partial charge in [-0.3, -0.25) is 0 Å². The smallest absolute Gasteiger partial charge is 0.129 e. The van der Waals surface area contributed by atoms with Crippen LogP contribution in [0.2, 0.25) is 0 Å². The first-order valence-corrected chi connectivity index (χ1v) is 7.28. The molecule has 0 amide bonds. The van der Waals surface area contributed by atoms with Crippen molar-refractivity contribution in [3.63, 3.8) is 0 Å². The zero-order valence-corrected chi connectivity index (χ0v) is 12.8. The molecular weight excluding hydrogens is 321 g/mol. The largest absolute Gasteiger partial charge is 0.383 e. The van der Waals surface area contributed by atoms with E-state index in [9.17, 15) is 4.39 Å². The van der Waals surface area contributed by atoms with E-state index in [2.05, 4.69) is 26.2 Å². The SMILES string of the molecule is CCNC(Cc1cccnc1N)c1ccc(Br)cc1F. The molecule has 2 aromatic rings. The summed E-state index contributed by atoms with van der Waals surface area (Å²) in [7, 11) is 0. The second-order valence-electron chi connectivity index (χ2n) is 4.53. The molecule has 0 aliphatic carbocycles. The highest BCUT2D eigenvalue weighted by molar-refractivity contribution is 9.10. The van der Waals surface area contributed by atoms with Crippen molar-refractivity contribution in [2.45, 2.75) is 19.4 Å². The Labute approximate surface area is 126 Å². The van der Waals surface area contributed by atoms with Gasteiger partial charge in [0.25, 0.3) is 0 Å². The number of nitrogen functional groups attached to an aromatic ring is 1. The van der Waals surface area contributed by atoms with Crippen LogP contribution < -0.4 is 11.1 Å². The minimum absolute atomic E-state index is 0.125. The van der Waals surface area contributed by atoms with Crippen LogP contribution in [0.1, 0.15) is 24.1 Å². The van der Waals surface area contributed by atoms with Crippen LogP contribution in [0.5, 0.6) is 0 Å². The number of aromatic nitrogens is 1. The van der Waals surface area contributed by atoms with Crippen LogP contribution in [0.4, 0.5) is 10.2 Å². The minimum Gasteiger partial charge on any atom is -0.383 e. The van der Waals surface area contributed by atoms with Gasteiger partial charge in [-0.15, -0.1) is 0 Å². The molecular formula is C15H17BrFN3. The molecule has 1 aromatic heterocycles. The molecule has 1 heterocycles. The highest BCUT2D eigenvalue weighted by Gasteiger charge is 2.17. The number of nitrogens with two attached hydrogens (primary N) is 1. The average Bonchev–Trinajstić information content (AvgIpc) is 2.41. The molecule has 3 nitrogen and oxygen atoms in total. The Hall–Kier alpha value is -1.46. The fraction of sp³-hybridized carbons (Fsp3) is 0.267. The molecule has 0 bridgehead atoms. The summed E-state index contributed by atoms with van der Waals surface area (Å²) in [6.07, 6.45) is 2.26. The van der Waals surface area contributed by atoms with Crippen molar-refractivity contribution in [1.29, 1.82) is 0 Å². The molecule has 2 rings (SSSR count). The summed E-state index contributed by atoms with van der Waals surface area (Å²) >= 11 is 3.27. The monoisotopic (exact) mass is 337 g/mol. The summed E-state index contributed by atoms with van der Waals surface area (Å²) in [6, 6.07) is 8.75. The quantitative estimate of drug-likeness (QED) is 0.878. The first kappa shape index (κ1) is 14.9. The van der Waals surface area contributed by atoms with Crippen LogP contribution in [-0.2, 0) is 6.42 Å². The van der Waals surface area contributed by atoms with E-state index < -0.39 is 0 Å². The van der Waals surface area contributed by atoms with Gasteiger partial charge in [0.05, 0.1) is 0 Å². The molecule has 20 heavy (non-hydrogen) atoms. The molecule has 0 saturated heterocycles. The molecule has 3 N–H and O–H groups in total. The lowest BCUT2D eigenvalue weighted by Gasteiger charge is -2.20. The average molecular weight is 338 g/mol. The number of pyridine rings is 1. The first-order valence-electron chi connectivity index (χ1n) is 6.49. The number of hydrogen-bond acceptors (Lipinski definition) is 3. The van der Waals surface area contributed by atoms with Gasteiger partial charge in [-0.25, -0.2) is 9.37 Å². The number of rotatable bonds is 5. The molecule has 0 fully saturated rings. The van der Waals surface area contributed by atoms with Crippen molar-refractivity contribution >= 4 is 21.7 Å². The predicted molar refractivity (Wildman–Crippen MR) is 82.9 cm³/mol. The predicted octanol–water partition coefficient (Wildman–Crippen LogP) is 3.46. The lowest BCUT2D eigenvalue weighted by molar-refractivity contribution is 0.510. The van der Waals surface area contributed by atoms with Crippen LogP contribution in [0.3, 0.4) is 0 Å². The minimum atomic E-state index is -0.229. The van der Waals surface area contributed by atoms with Crippen LogP contribution in [0, 0.1) is 5.82 Å². The Morgan fingerprint density at radius 3 is 2.85 bits per heavy atom. The number of likely N-dealkylation sites (N-methyl/N-ethyl adjacent to an activating group) is 1. The summed E-state index contributed by atoms with van der Waals surface area (Å²) < 4.78 is 14.8. The summed E-state index contributed by atoms with van der Waals surface area (Å²) in [5, 5.41) is 3.30. The topological polar surface area (TPSA) is 50.9 Å². The number of hydrogen-bond donors (Lipinski definition) is 2. The number of halogens is 2. The Bertz CT molecular complexity index is 589. The zero-order valence-electron chi connectivity index (χ0n) is 11.2. The summed E-state index contributed by atoms with van der Waals surface area (Å²) in [4.78, 5) is 4.07. The number of anilines is 1. The van der Waals surface area contributed by atoms with E-state index in [1.807, 2.05) is 25.1 Å². The summed E-state index contributed by atoms with van der Waals surface area (Å²) in [6.45, 7) is 2.75. The van der Waals surface area contributed by atoms with Crippen molar-refractivity contribution in [2.75, 3.05) is 12.3 Å². The van der Waals surface area contributed by atoms with Crippen molar-refractivity contribution in [3.8, 4) is 0 Å². The number of benzene rings is 1. The Kier molecular flexibility index (Phi) is 5.09. The highest BCUT2D eigenvalue weighted by Crippen LogP contribution is 2.25. The van der Waals surface area contributed by atoms with E-state index in [4.69, 9.17) is 5.73 Å². The van der Waals surface area contributed by atoms with Gasteiger partial charge >= 0.3 is 0 Å². The van der Waals surface area contributed by atoms with Gasteiger partial charge in [-0.05, 0) is 36.7 Å². The molecule has 0 spiro atoms. The molecule has 1 aromatic carbocycles. The van der Waals surface area contributed by atoms with E-state index in [0.29, 0.717) is 17.8 Å². The van der Waals surface area contributed by atoms with Crippen LogP contribution in [0.25, 0.3) is 0 Å². The van der Waals surface area contributed by atoms with Gasteiger partial charge in [-0.2, -0.15) is 0 Å². The van der Waals surface area contributed by atoms with Crippen molar-refractivity contribution in [1.82, 2.24) is 10.3 Å². The molecule has 1 unspecified atom stereocenters. The van der Waals surface area contributed by atoms with Gasteiger partial charge < -0.3 is 11.1 Å². The third kappa shape index (κ3) is 3.55. The Morgan fingerprint density at radius 2 is 2.20 bits per heavy atom. The van der Waals surface area contributed by atoms with Crippen molar-refractivity contribution < 1.29 is 4.39 Å².